The van der Waals surface area contributed by atoms with Gasteiger partial charge in [0, 0.05) is 18.8 Å². The normalized spacial score (nSPS) is 14.6. The number of hydrogen-bond acceptors (Lipinski definition) is 3. The summed E-state index contributed by atoms with van der Waals surface area (Å²) in [5.41, 5.74) is 1.24. The fourth-order valence-corrected chi connectivity index (χ4v) is 1.33. The van der Waals surface area contributed by atoms with Crippen molar-refractivity contribution in [3.8, 4) is 0 Å². The molecule has 0 fully saturated rings. The molecule has 0 amide bonds. The first-order valence-electron chi connectivity index (χ1n) is 5.79. The molecule has 1 rings (SSSR count). The lowest BCUT2D eigenvalue weighted by Gasteiger charge is -2.18. The van der Waals surface area contributed by atoms with Crippen molar-refractivity contribution in [2.75, 3.05) is 40.3 Å². The van der Waals surface area contributed by atoms with Crippen LogP contribution in [0.3, 0.4) is 0 Å². The van der Waals surface area contributed by atoms with Crippen LogP contribution in [0.25, 0.3) is 0 Å². The summed E-state index contributed by atoms with van der Waals surface area (Å²) in [4.78, 5) is 6.84. The molecule has 15 heavy (non-hydrogen) atoms. The molecule has 0 unspecified atom stereocenters. The van der Waals surface area contributed by atoms with E-state index in [1.165, 1.54) is 5.71 Å². The van der Waals surface area contributed by atoms with E-state index in [2.05, 4.69) is 41.2 Å². The maximum Gasteiger partial charge on any atom is 0.0485 e. The average molecular weight is 211 g/mol. The number of hydrogen-bond donors (Lipinski definition) is 1. The SMILES string of the molecule is CCN(CC)CC1=NCCC=C1.CNC. The summed E-state index contributed by atoms with van der Waals surface area (Å²) in [6.45, 7) is 8.61. The van der Waals surface area contributed by atoms with Crippen molar-refractivity contribution >= 4 is 5.71 Å². The van der Waals surface area contributed by atoms with E-state index in [1.54, 1.807) is 0 Å². The molecule has 1 aliphatic heterocycles. The van der Waals surface area contributed by atoms with E-state index in [0.29, 0.717) is 0 Å². The molecule has 1 aliphatic rings. The van der Waals surface area contributed by atoms with Crippen molar-refractivity contribution in [1.82, 2.24) is 10.2 Å². The minimum Gasteiger partial charge on any atom is -0.323 e. The molecule has 88 valence electrons. The van der Waals surface area contributed by atoms with Crippen LogP contribution in [0, 0.1) is 0 Å². The van der Waals surface area contributed by atoms with Gasteiger partial charge in [0.1, 0.15) is 0 Å². The van der Waals surface area contributed by atoms with Crippen LogP contribution in [0.4, 0.5) is 0 Å². The molecule has 3 nitrogen and oxygen atoms in total. The Morgan fingerprint density at radius 1 is 1.33 bits per heavy atom. The lowest BCUT2D eigenvalue weighted by molar-refractivity contribution is 0.347. The highest BCUT2D eigenvalue weighted by molar-refractivity contribution is 5.97. The zero-order valence-electron chi connectivity index (χ0n) is 10.6. The van der Waals surface area contributed by atoms with E-state index in [-0.39, 0.29) is 0 Å². The Bertz CT molecular complexity index is 193. The number of nitrogens with one attached hydrogen (secondary N) is 1. The van der Waals surface area contributed by atoms with Crippen molar-refractivity contribution in [3.63, 3.8) is 0 Å². The fourth-order valence-electron chi connectivity index (χ4n) is 1.33. The second-order valence-electron chi connectivity index (χ2n) is 3.53. The number of nitrogens with zero attached hydrogens (tertiary/aromatic N) is 2. The fraction of sp³-hybridized carbons (Fsp3) is 0.750. The van der Waals surface area contributed by atoms with E-state index in [4.69, 9.17) is 0 Å². The van der Waals surface area contributed by atoms with E-state index in [0.717, 1.165) is 32.6 Å². The predicted molar refractivity (Wildman–Crippen MR) is 68.8 cm³/mol. The highest BCUT2D eigenvalue weighted by Crippen LogP contribution is 1.98. The summed E-state index contributed by atoms with van der Waals surface area (Å²) in [5, 5.41) is 2.75. The van der Waals surface area contributed by atoms with Gasteiger partial charge in [0.05, 0.1) is 0 Å². The monoisotopic (exact) mass is 211 g/mol. The third kappa shape index (κ3) is 7.28. The standard InChI is InChI=1S/C10H18N2.C2H7N/c1-3-12(4-2)9-10-7-5-6-8-11-10;1-3-2/h5,7H,3-4,6,8-9H2,1-2H3;3H,1-2H3. The molecule has 0 saturated carbocycles. The third-order valence-electron chi connectivity index (χ3n) is 2.20. The highest BCUT2D eigenvalue weighted by atomic mass is 15.1. The van der Waals surface area contributed by atoms with Gasteiger partial charge in [-0.25, -0.2) is 0 Å². The molecule has 0 bridgehead atoms. The Labute approximate surface area is 94.3 Å². The lowest BCUT2D eigenvalue weighted by atomic mass is 10.2. The number of dihydropyridines is 1. The van der Waals surface area contributed by atoms with Gasteiger partial charge in [-0.3, -0.25) is 9.89 Å². The Morgan fingerprint density at radius 3 is 2.33 bits per heavy atom. The lowest BCUT2D eigenvalue weighted by Crippen LogP contribution is -2.29. The van der Waals surface area contributed by atoms with Crippen LogP contribution in [0.5, 0.6) is 0 Å². The highest BCUT2D eigenvalue weighted by Gasteiger charge is 2.03. The molecule has 0 aliphatic carbocycles. The second-order valence-corrected chi connectivity index (χ2v) is 3.53. The van der Waals surface area contributed by atoms with Gasteiger partial charge in [-0.1, -0.05) is 19.9 Å². The molecule has 0 aromatic carbocycles. The van der Waals surface area contributed by atoms with E-state index in [9.17, 15) is 0 Å². The van der Waals surface area contributed by atoms with E-state index in [1.807, 2.05) is 14.1 Å². The zero-order chi connectivity index (χ0) is 11.5. The van der Waals surface area contributed by atoms with Crippen molar-refractivity contribution in [3.05, 3.63) is 12.2 Å². The third-order valence-corrected chi connectivity index (χ3v) is 2.20. The predicted octanol–water partition coefficient (Wildman–Crippen LogP) is 1.56. The summed E-state index contributed by atoms with van der Waals surface area (Å²) >= 11 is 0. The van der Waals surface area contributed by atoms with E-state index < -0.39 is 0 Å². The minimum absolute atomic E-state index is 0.979. The summed E-state index contributed by atoms with van der Waals surface area (Å²) in [6, 6.07) is 0. The zero-order valence-corrected chi connectivity index (χ0v) is 10.6. The van der Waals surface area contributed by atoms with Crippen LogP contribution in [-0.2, 0) is 0 Å². The van der Waals surface area contributed by atoms with Gasteiger partial charge in [0.15, 0.2) is 0 Å². The first-order valence-corrected chi connectivity index (χ1v) is 5.79. The molecule has 0 aromatic rings. The first kappa shape index (κ1) is 14.3. The Hall–Kier alpha value is -0.670. The van der Waals surface area contributed by atoms with Crippen LogP contribution in [-0.4, -0.2) is 50.9 Å². The molecule has 0 saturated heterocycles. The van der Waals surface area contributed by atoms with Crippen molar-refractivity contribution in [2.45, 2.75) is 20.3 Å². The number of rotatable bonds is 4. The van der Waals surface area contributed by atoms with Gasteiger partial charge < -0.3 is 5.32 Å². The quantitative estimate of drug-likeness (QED) is 0.764. The molecule has 3 heteroatoms. The van der Waals surface area contributed by atoms with Crippen LogP contribution in [0.1, 0.15) is 20.3 Å². The molecule has 0 aromatic heterocycles. The number of aliphatic imine (C=N–C) groups is 1. The molecule has 1 heterocycles. The molecular weight excluding hydrogens is 186 g/mol. The molecular formula is C12H25N3. The average Bonchev–Trinajstić information content (AvgIpc) is 2.28. The van der Waals surface area contributed by atoms with Crippen molar-refractivity contribution < 1.29 is 0 Å². The minimum atomic E-state index is 0.979. The van der Waals surface area contributed by atoms with Gasteiger partial charge in [0.2, 0.25) is 0 Å². The summed E-state index contributed by atoms with van der Waals surface area (Å²) < 4.78 is 0. The summed E-state index contributed by atoms with van der Waals surface area (Å²) in [5.74, 6) is 0. The molecule has 0 radical (unpaired) electrons. The van der Waals surface area contributed by atoms with Gasteiger partial charge >= 0.3 is 0 Å². The molecule has 1 N–H and O–H groups in total. The van der Waals surface area contributed by atoms with Crippen molar-refractivity contribution in [1.29, 1.82) is 0 Å². The topological polar surface area (TPSA) is 27.6 Å². The maximum absolute atomic E-state index is 4.45. The second kappa shape index (κ2) is 9.87. The largest absolute Gasteiger partial charge is 0.323 e. The van der Waals surface area contributed by atoms with Gasteiger partial charge in [-0.2, -0.15) is 0 Å². The van der Waals surface area contributed by atoms with Gasteiger partial charge in [-0.05, 0) is 39.7 Å². The Kier molecular flexibility index (Phi) is 9.43. The summed E-state index contributed by atoms with van der Waals surface area (Å²) in [7, 11) is 3.75. The van der Waals surface area contributed by atoms with Gasteiger partial charge in [0.25, 0.3) is 0 Å². The first-order chi connectivity index (χ1) is 7.28. The van der Waals surface area contributed by atoms with Crippen LogP contribution in [0.2, 0.25) is 0 Å². The maximum atomic E-state index is 4.45. The van der Waals surface area contributed by atoms with Crippen LogP contribution in [0.15, 0.2) is 17.1 Å². The smallest absolute Gasteiger partial charge is 0.0485 e. The summed E-state index contributed by atoms with van der Waals surface area (Å²) in [6.07, 6.45) is 5.48. The van der Waals surface area contributed by atoms with Crippen molar-refractivity contribution in [2.24, 2.45) is 4.99 Å². The van der Waals surface area contributed by atoms with Crippen LogP contribution >= 0.6 is 0 Å². The molecule has 0 atom stereocenters. The Morgan fingerprint density at radius 2 is 1.93 bits per heavy atom. The van der Waals surface area contributed by atoms with E-state index >= 15 is 0 Å². The molecule has 0 spiro atoms. The Balaban J connectivity index is 0.000000583. The van der Waals surface area contributed by atoms with Gasteiger partial charge in [-0.15, -0.1) is 0 Å². The van der Waals surface area contributed by atoms with Crippen LogP contribution < -0.4 is 5.32 Å².